The van der Waals surface area contributed by atoms with Gasteiger partial charge in [-0.05, 0) is 12.0 Å². The van der Waals surface area contributed by atoms with Crippen LogP contribution in [0.2, 0.25) is 0 Å². The van der Waals surface area contributed by atoms with E-state index in [0.29, 0.717) is 6.42 Å². The standard InChI is InChI=1S/C14H16ClNO3/c1-2-8-19-14(18)16-12(13(17)10-15)9-11-6-4-3-5-7-11/h2-7,12H,1,8-10H2,(H,16,18)/t12-/m0/s1. The van der Waals surface area contributed by atoms with Crippen LogP contribution in [-0.4, -0.2) is 30.4 Å². The summed E-state index contributed by atoms with van der Waals surface area (Å²) >= 11 is 5.54. The zero-order valence-electron chi connectivity index (χ0n) is 10.5. The fraction of sp³-hybridized carbons (Fsp3) is 0.286. The highest BCUT2D eigenvalue weighted by Crippen LogP contribution is 2.05. The maximum atomic E-state index is 11.7. The molecule has 0 radical (unpaired) electrons. The number of alkyl carbamates (subject to hydrolysis) is 1. The zero-order valence-corrected chi connectivity index (χ0v) is 11.2. The molecule has 0 saturated heterocycles. The molecule has 1 aromatic rings. The van der Waals surface area contributed by atoms with E-state index in [0.717, 1.165) is 5.56 Å². The van der Waals surface area contributed by atoms with Crippen LogP contribution in [0.25, 0.3) is 0 Å². The highest BCUT2D eigenvalue weighted by molar-refractivity contribution is 6.28. The Morgan fingerprint density at radius 2 is 2.05 bits per heavy atom. The fourth-order valence-corrected chi connectivity index (χ4v) is 1.69. The molecule has 102 valence electrons. The molecule has 0 spiro atoms. The van der Waals surface area contributed by atoms with E-state index in [1.54, 1.807) is 0 Å². The average molecular weight is 282 g/mol. The number of carbonyl (C=O) groups excluding carboxylic acids is 2. The van der Waals surface area contributed by atoms with Crippen LogP contribution in [0, 0.1) is 0 Å². The number of ketones is 1. The van der Waals surface area contributed by atoms with E-state index in [-0.39, 0.29) is 18.3 Å². The van der Waals surface area contributed by atoms with Crippen LogP contribution in [0.3, 0.4) is 0 Å². The van der Waals surface area contributed by atoms with Gasteiger partial charge in [-0.1, -0.05) is 43.0 Å². The van der Waals surface area contributed by atoms with Gasteiger partial charge in [-0.3, -0.25) is 4.79 Å². The van der Waals surface area contributed by atoms with Crippen LogP contribution >= 0.6 is 11.6 Å². The van der Waals surface area contributed by atoms with Gasteiger partial charge in [-0.25, -0.2) is 4.79 Å². The van der Waals surface area contributed by atoms with Crippen LogP contribution < -0.4 is 5.32 Å². The zero-order chi connectivity index (χ0) is 14.1. The second-order valence-electron chi connectivity index (χ2n) is 3.87. The minimum atomic E-state index is -0.683. The molecule has 19 heavy (non-hydrogen) atoms. The molecule has 0 aliphatic heterocycles. The predicted molar refractivity (Wildman–Crippen MR) is 74.3 cm³/mol. The molecule has 5 heteroatoms. The van der Waals surface area contributed by atoms with Crippen molar-refractivity contribution in [3.63, 3.8) is 0 Å². The third-order valence-corrected chi connectivity index (χ3v) is 2.69. The van der Waals surface area contributed by atoms with Crippen molar-refractivity contribution < 1.29 is 14.3 Å². The van der Waals surface area contributed by atoms with E-state index in [1.165, 1.54) is 6.08 Å². The van der Waals surface area contributed by atoms with Crippen molar-refractivity contribution in [2.45, 2.75) is 12.5 Å². The summed E-state index contributed by atoms with van der Waals surface area (Å²) in [4.78, 5) is 23.1. The number of amides is 1. The van der Waals surface area contributed by atoms with Crippen molar-refractivity contribution in [3.8, 4) is 0 Å². The van der Waals surface area contributed by atoms with E-state index in [9.17, 15) is 9.59 Å². The van der Waals surface area contributed by atoms with Gasteiger partial charge < -0.3 is 10.1 Å². The first-order valence-electron chi connectivity index (χ1n) is 5.84. The molecular weight excluding hydrogens is 266 g/mol. The Labute approximate surface area is 117 Å². The van der Waals surface area contributed by atoms with Crippen LogP contribution in [0.5, 0.6) is 0 Å². The highest BCUT2D eigenvalue weighted by atomic mass is 35.5. The van der Waals surface area contributed by atoms with E-state index < -0.39 is 12.1 Å². The van der Waals surface area contributed by atoms with E-state index in [1.807, 2.05) is 30.3 Å². The lowest BCUT2D eigenvalue weighted by atomic mass is 10.0. The molecule has 1 aromatic carbocycles. The van der Waals surface area contributed by atoms with E-state index >= 15 is 0 Å². The summed E-state index contributed by atoms with van der Waals surface area (Å²) in [5, 5.41) is 2.51. The fourth-order valence-electron chi connectivity index (χ4n) is 1.51. The molecule has 1 N–H and O–H groups in total. The molecular formula is C14H16ClNO3. The van der Waals surface area contributed by atoms with Gasteiger partial charge >= 0.3 is 6.09 Å². The van der Waals surface area contributed by atoms with Crippen molar-refractivity contribution >= 4 is 23.5 Å². The number of carbonyl (C=O) groups is 2. The van der Waals surface area contributed by atoms with Gasteiger partial charge in [0.15, 0.2) is 5.78 Å². The van der Waals surface area contributed by atoms with Crippen molar-refractivity contribution in [1.29, 1.82) is 0 Å². The maximum Gasteiger partial charge on any atom is 0.408 e. The number of benzene rings is 1. The predicted octanol–water partition coefficient (Wildman–Crippen LogP) is 2.32. The first-order chi connectivity index (χ1) is 9.17. The molecule has 0 heterocycles. The molecule has 1 atom stereocenters. The SMILES string of the molecule is C=CCOC(=O)N[C@@H](Cc1ccccc1)C(=O)CCl. The van der Waals surface area contributed by atoms with Gasteiger partial charge in [-0.2, -0.15) is 0 Å². The Kier molecular flexibility index (Phi) is 6.68. The summed E-state index contributed by atoms with van der Waals surface area (Å²) in [6, 6.07) is 8.70. The average Bonchev–Trinajstić information content (AvgIpc) is 2.44. The Balaban J connectivity index is 2.64. The first-order valence-corrected chi connectivity index (χ1v) is 6.37. The normalized spacial score (nSPS) is 11.4. The molecule has 1 rings (SSSR count). The van der Waals surface area contributed by atoms with E-state index in [2.05, 4.69) is 11.9 Å². The van der Waals surface area contributed by atoms with Gasteiger partial charge in [0.1, 0.15) is 6.61 Å². The second-order valence-corrected chi connectivity index (χ2v) is 4.14. The number of hydrogen-bond donors (Lipinski definition) is 1. The van der Waals surface area contributed by atoms with Crippen molar-refractivity contribution in [2.24, 2.45) is 0 Å². The lowest BCUT2D eigenvalue weighted by molar-refractivity contribution is -0.118. The molecule has 0 aromatic heterocycles. The summed E-state index contributed by atoms with van der Waals surface area (Å²) in [5.74, 6) is -0.403. The lowest BCUT2D eigenvalue weighted by Gasteiger charge is -2.16. The Morgan fingerprint density at radius 3 is 2.63 bits per heavy atom. The largest absolute Gasteiger partial charge is 0.445 e. The van der Waals surface area contributed by atoms with Crippen molar-refractivity contribution in [3.05, 3.63) is 48.6 Å². The second kappa shape index (κ2) is 8.32. The number of ether oxygens (including phenoxy) is 1. The van der Waals surface area contributed by atoms with Crippen molar-refractivity contribution in [1.82, 2.24) is 5.32 Å². The third kappa shape index (κ3) is 5.57. The summed E-state index contributed by atoms with van der Waals surface area (Å²) in [7, 11) is 0. The quantitative estimate of drug-likeness (QED) is 0.616. The van der Waals surface area contributed by atoms with Gasteiger partial charge in [0, 0.05) is 0 Å². The van der Waals surface area contributed by atoms with Crippen LogP contribution in [-0.2, 0) is 16.0 Å². The van der Waals surface area contributed by atoms with Gasteiger partial charge in [0.25, 0.3) is 0 Å². The van der Waals surface area contributed by atoms with E-state index in [4.69, 9.17) is 16.3 Å². The van der Waals surface area contributed by atoms with Gasteiger partial charge in [0.05, 0.1) is 11.9 Å². The Bertz CT molecular complexity index is 434. The van der Waals surface area contributed by atoms with Crippen LogP contribution in [0.4, 0.5) is 4.79 Å². The maximum absolute atomic E-state index is 11.7. The third-order valence-electron chi connectivity index (χ3n) is 2.43. The number of nitrogens with one attached hydrogen (secondary N) is 1. The van der Waals surface area contributed by atoms with Crippen LogP contribution in [0.15, 0.2) is 43.0 Å². The first kappa shape index (κ1) is 15.2. The molecule has 0 bridgehead atoms. The number of Topliss-reactive ketones (excluding diaryl/α,β-unsaturated/α-hetero) is 1. The van der Waals surface area contributed by atoms with Gasteiger partial charge in [0.2, 0.25) is 0 Å². The summed E-state index contributed by atoms with van der Waals surface area (Å²) in [5.41, 5.74) is 0.940. The number of alkyl halides is 1. The molecule has 0 unspecified atom stereocenters. The molecule has 0 saturated carbocycles. The lowest BCUT2D eigenvalue weighted by Crippen LogP contribution is -2.43. The summed E-state index contributed by atoms with van der Waals surface area (Å²) < 4.78 is 4.79. The smallest absolute Gasteiger partial charge is 0.408 e. The topological polar surface area (TPSA) is 55.4 Å². The molecule has 4 nitrogen and oxygen atoms in total. The van der Waals surface area contributed by atoms with Gasteiger partial charge in [-0.15, -0.1) is 11.6 Å². The number of halogens is 1. The number of hydrogen-bond acceptors (Lipinski definition) is 3. The summed E-state index contributed by atoms with van der Waals surface area (Å²) in [6.07, 6.45) is 1.18. The monoisotopic (exact) mass is 281 g/mol. The molecule has 0 aliphatic carbocycles. The Hall–Kier alpha value is -1.81. The molecule has 0 fully saturated rings. The van der Waals surface area contributed by atoms with Crippen molar-refractivity contribution in [2.75, 3.05) is 12.5 Å². The minimum absolute atomic E-state index is 0.0962. The molecule has 1 amide bonds. The highest BCUT2D eigenvalue weighted by Gasteiger charge is 2.20. The minimum Gasteiger partial charge on any atom is -0.445 e. The number of rotatable bonds is 7. The summed E-state index contributed by atoms with van der Waals surface area (Å²) in [6.45, 7) is 3.53. The van der Waals surface area contributed by atoms with Crippen LogP contribution in [0.1, 0.15) is 5.56 Å². The Morgan fingerprint density at radius 1 is 1.37 bits per heavy atom. The molecule has 0 aliphatic rings.